The quantitative estimate of drug-likeness (QED) is 0.796. The summed E-state index contributed by atoms with van der Waals surface area (Å²) in [6.07, 6.45) is 12.3. The number of hydrogen-bond donors (Lipinski definition) is 1. The number of hydrogen-bond acceptors (Lipinski definition) is 2. The topological polar surface area (TPSA) is 29.9 Å². The molecule has 0 radical (unpaired) electrons. The summed E-state index contributed by atoms with van der Waals surface area (Å²) in [5, 5.41) is 7.83. The Bertz CT molecular complexity index is 400. The SMILES string of the molecule is CCCNCC(=Cc1ccnn1C)C1CCCCC1. The van der Waals surface area contributed by atoms with Crippen molar-refractivity contribution in [2.75, 3.05) is 13.1 Å². The predicted molar refractivity (Wildman–Crippen MR) is 80.9 cm³/mol. The Morgan fingerprint density at radius 2 is 2.21 bits per heavy atom. The molecular formula is C16H27N3. The molecule has 0 bridgehead atoms. The van der Waals surface area contributed by atoms with Crippen molar-refractivity contribution in [2.24, 2.45) is 13.0 Å². The number of aryl methyl sites for hydroxylation is 1. The highest BCUT2D eigenvalue weighted by atomic mass is 15.2. The molecule has 1 saturated carbocycles. The van der Waals surface area contributed by atoms with Gasteiger partial charge in [-0.3, -0.25) is 4.68 Å². The van der Waals surface area contributed by atoms with E-state index >= 15 is 0 Å². The van der Waals surface area contributed by atoms with Crippen LogP contribution in [0.5, 0.6) is 0 Å². The molecule has 0 aromatic carbocycles. The van der Waals surface area contributed by atoms with E-state index in [1.54, 1.807) is 5.57 Å². The van der Waals surface area contributed by atoms with Crippen molar-refractivity contribution in [3.8, 4) is 0 Å². The molecule has 1 fully saturated rings. The first-order valence-corrected chi connectivity index (χ1v) is 7.70. The van der Waals surface area contributed by atoms with E-state index in [-0.39, 0.29) is 0 Å². The number of nitrogens with zero attached hydrogens (tertiary/aromatic N) is 2. The van der Waals surface area contributed by atoms with Crippen molar-refractivity contribution in [3.05, 3.63) is 23.5 Å². The lowest BCUT2D eigenvalue weighted by atomic mass is 9.83. The molecule has 3 nitrogen and oxygen atoms in total. The van der Waals surface area contributed by atoms with Gasteiger partial charge in [0.1, 0.15) is 0 Å². The predicted octanol–water partition coefficient (Wildman–Crippen LogP) is 3.38. The van der Waals surface area contributed by atoms with E-state index in [0.717, 1.165) is 19.0 Å². The van der Waals surface area contributed by atoms with Crippen LogP contribution in [0, 0.1) is 5.92 Å². The van der Waals surface area contributed by atoms with E-state index in [1.807, 2.05) is 17.9 Å². The number of rotatable bonds is 6. The summed E-state index contributed by atoms with van der Waals surface area (Å²) in [6, 6.07) is 2.10. The second-order valence-corrected chi connectivity index (χ2v) is 5.61. The monoisotopic (exact) mass is 261 g/mol. The maximum atomic E-state index is 4.26. The second-order valence-electron chi connectivity index (χ2n) is 5.61. The summed E-state index contributed by atoms with van der Waals surface area (Å²) in [7, 11) is 2.02. The van der Waals surface area contributed by atoms with Crippen molar-refractivity contribution in [1.82, 2.24) is 15.1 Å². The van der Waals surface area contributed by atoms with Gasteiger partial charge in [-0.05, 0) is 43.9 Å². The van der Waals surface area contributed by atoms with Crippen molar-refractivity contribution in [1.29, 1.82) is 0 Å². The third-order valence-electron chi connectivity index (χ3n) is 4.08. The minimum atomic E-state index is 0.771. The van der Waals surface area contributed by atoms with Gasteiger partial charge in [0.25, 0.3) is 0 Å². The lowest BCUT2D eigenvalue weighted by Gasteiger charge is -2.25. The third-order valence-corrected chi connectivity index (χ3v) is 4.08. The summed E-state index contributed by atoms with van der Waals surface area (Å²) >= 11 is 0. The lowest BCUT2D eigenvalue weighted by molar-refractivity contribution is 0.396. The average molecular weight is 261 g/mol. The van der Waals surface area contributed by atoms with E-state index in [2.05, 4.69) is 29.5 Å². The Morgan fingerprint density at radius 1 is 1.42 bits per heavy atom. The maximum absolute atomic E-state index is 4.26. The van der Waals surface area contributed by atoms with Crippen molar-refractivity contribution < 1.29 is 0 Å². The highest BCUT2D eigenvalue weighted by Crippen LogP contribution is 2.30. The summed E-state index contributed by atoms with van der Waals surface area (Å²) in [5.74, 6) is 0.771. The maximum Gasteiger partial charge on any atom is 0.0606 e. The molecule has 0 saturated heterocycles. The molecule has 1 N–H and O–H groups in total. The normalized spacial score (nSPS) is 17.9. The second kappa shape index (κ2) is 7.49. The molecule has 19 heavy (non-hydrogen) atoms. The van der Waals surface area contributed by atoms with E-state index in [9.17, 15) is 0 Å². The van der Waals surface area contributed by atoms with Crippen LogP contribution < -0.4 is 5.32 Å². The minimum Gasteiger partial charge on any atom is -0.313 e. The molecule has 0 aliphatic heterocycles. The molecule has 0 atom stereocenters. The molecule has 1 heterocycles. The van der Waals surface area contributed by atoms with Gasteiger partial charge in [-0.25, -0.2) is 0 Å². The molecule has 0 amide bonds. The molecule has 106 valence electrons. The fourth-order valence-corrected chi connectivity index (χ4v) is 2.91. The van der Waals surface area contributed by atoms with Gasteiger partial charge >= 0.3 is 0 Å². The Hall–Kier alpha value is -1.09. The van der Waals surface area contributed by atoms with E-state index < -0.39 is 0 Å². The molecule has 1 aromatic rings. The largest absolute Gasteiger partial charge is 0.313 e. The molecule has 3 heteroatoms. The molecule has 1 aliphatic rings. The standard InChI is InChI=1S/C16H27N3/c1-3-10-17-13-15(14-7-5-4-6-8-14)12-16-9-11-18-19(16)2/h9,11-12,14,17H,3-8,10,13H2,1-2H3. The van der Waals surface area contributed by atoms with Crippen LogP contribution in [0.2, 0.25) is 0 Å². The Morgan fingerprint density at radius 3 is 2.84 bits per heavy atom. The summed E-state index contributed by atoms with van der Waals surface area (Å²) in [4.78, 5) is 0. The number of aromatic nitrogens is 2. The fraction of sp³-hybridized carbons (Fsp3) is 0.688. The minimum absolute atomic E-state index is 0.771. The van der Waals surface area contributed by atoms with Crippen LogP contribution >= 0.6 is 0 Å². The highest BCUT2D eigenvalue weighted by Gasteiger charge is 2.17. The Labute approximate surface area is 117 Å². The summed E-state index contributed by atoms with van der Waals surface area (Å²) in [5.41, 5.74) is 2.79. The molecule has 1 aromatic heterocycles. The first-order valence-electron chi connectivity index (χ1n) is 7.70. The van der Waals surface area contributed by atoms with Crippen molar-refractivity contribution >= 4 is 6.08 Å². The van der Waals surface area contributed by atoms with E-state index in [1.165, 1.54) is 44.2 Å². The zero-order valence-electron chi connectivity index (χ0n) is 12.4. The molecule has 2 rings (SSSR count). The summed E-state index contributed by atoms with van der Waals surface area (Å²) < 4.78 is 1.96. The fourth-order valence-electron chi connectivity index (χ4n) is 2.91. The Balaban J connectivity index is 2.08. The van der Waals surface area contributed by atoms with Crippen molar-refractivity contribution in [2.45, 2.75) is 45.4 Å². The van der Waals surface area contributed by atoms with Gasteiger partial charge < -0.3 is 5.32 Å². The van der Waals surface area contributed by atoms with Gasteiger partial charge in [0.05, 0.1) is 5.69 Å². The zero-order chi connectivity index (χ0) is 13.5. The third kappa shape index (κ3) is 4.20. The molecule has 0 spiro atoms. The molecular weight excluding hydrogens is 234 g/mol. The van der Waals surface area contributed by atoms with E-state index in [0.29, 0.717) is 0 Å². The molecule has 0 unspecified atom stereocenters. The van der Waals surface area contributed by atoms with Gasteiger partial charge in [-0.15, -0.1) is 0 Å². The van der Waals surface area contributed by atoms with Gasteiger partial charge in [0, 0.05) is 19.8 Å². The average Bonchev–Trinajstić information content (AvgIpc) is 2.84. The van der Waals surface area contributed by atoms with Crippen LogP contribution in [-0.4, -0.2) is 22.9 Å². The van der Waals surface area contributed by atoms with E-state index in [4.69, 9.17) is 0 Å². The van der Waals surface area contributed by atoms with Crippen LogP contribution in [-0.2, 0) is 7.05 Å². The van der Waals surface area contributed by atoms with Crippen LogP contribution in [0.1, 0.15) is 51.1 Å². The first kappa shape index (κ1) is 14.3. The highest BCUT2D eigenvalue weighted by molar-refractivity contribution is 5.50. The lowest BCUT2D eigenvalue weighted by Crippen LogP contribution is -2.23. The molecule has 1 aliphatic carbocycles. The van der Waals surface area contributed by atoms with Crippen LogP contribution in [0.25, 0.3) is 6.08 Å². The van der Waals surface area contributed by atoms with Crippen LogP contribution in [0.15, 0.2) is 17.8 Å². The van der Waals surface area contributed by atoms with Gasteiger partial charge in [0.15, 0.2) is 0 Å². The van der Waals surface area contributed by atoms with Crippen LogP contribution in [0.4, 0.5) is 0 Å². The number of nitrogens with one attached hydrogen (secondary N) is 1. The Kier molecular flexibility index (Phi) is 5.64. The zero-order valence-corrected chi connectivity index (χ0v) is 12.4. The van der Waals surface area contributed by atoms with Gasteiger partial charge in [0.2, 0.25) is 0 Å². The van der Waals surface area contributed by atoms with Crippen molar-refractivity contribution in [3.63, 3.8) is 0 Å². The smallest absolute Gasteiger partial charge is 0.0606 e. The first-order chi connectivity index (χ1) is 9.31. The summed E-state index contributed by atoms with van der Waals surface area (Å²) in [6.45, 7) is 4.36. The van der Waals surface area contributed by atoms with Crippen LogP contribution in [0.3, 0.4) is 0 Å². The van der Waals surface area contributed by atoms with Gasteiger partial charge in [-0.2, -0.15) is 5.10 Å². The van der Waals surface area contributed by atoms with Gasteiger partial charge in [-0.1, -0.05) is 31.8 Å².